The Morgan fingerprint density at radius 3 is 2.35 bits per heavy atom. The normalized spacial score (nSPS) is 10.3. The SMILES string of the molecule is CN(C)C(=O)c1ccc(NC(=O)CNc2cccc(C(=O)NCc3ccco3)c2)cc1. The fourth-order valence-electron chi connectivity index (χ4n) is 2.79. The Kier molecular flexibility index (Phi) is 7.05. The zero-order chi connectivity index (χ0) is 22.2. The predicted molar refractivity (Wildman–Crippen MR) is 118 cm³/mol. The maximum absolute atomic E-state index is 12.3. The van der Waals surface area contributed by atoms with Crippen molar-refractivity contribution >= 4 is 29.1 Å². The maximum Gasteiger partial charge on any atom is 0.253 e. The molecule has 0 bridgehead atoms. The van der Waals surface area contributed by atoms with Gasteiger partial charge in [0.1, 0.15) is 5.76 Å². The number of furan rings is 1. The first-order valence-corrected chi connectivity index (χ1v) is 9.68. The zero-order valence-electron chi connectivity index (χ0n) is 17.3. The fourth-order valence-corrected chi connectivity index (χ4v) is 2.79. The fraction of sp³-hybridized carbons (Fsp3) is 0.174. The smallest absolute Gasteiger partial charge is 0.253 e. The van der Waals surface area contributed by atoms with Crippen LogP contribution in [0, 0.1) is 0 Å². The molecule has 3 aromatic rings. The summed E-state index contributed by atoms with van der Waals surface area (Å²) in [6.07, 6.45) is 1.55. The molecular weight excluding hydrogens is 396 g/mol. The molecular formula is C23H24N4O4. The number of amides is 3. The zero-order valence-corrected chi connectivity index (χ0v) is 17.3. The highest BCUT2D eigenvalue weighted by Crippen LogP contribution is 2.13. The highest BCUT2D eigenvalue weighted by atomic mass is 16.3. The van der Waals surface area contributed by atoms with Gasteiger partial charge in [0.05, 0.1) is 19.4 Å². The second-order valence-electron chi connectivity index (χ2n) is 7.02. The molecule has 0 atom stereocenters. The van der Waals surface area contributed by atoms with Crippen molar-refractivity contribution in [3.05, 3.63) is 83.8 Å². The lowest BCUT2D eigenvalue weighted by molar-refractivity contribution is -0.114. The summed E-state index contributed by atoms with van der Waals surface area (Å²) in [6.45, 7) is 0.320. The van der Waals surface area contributed by atoms with Gasteiger partial charge in [0.15, 0.2) is 0 Å². The number of carbonyl (C=O) groups excluding carboxylic acids is 3. The van der Waals surface area contributed by atoms with E-state index in [1.165, 1.54) is 4.90 Å². The first-order valence-electron chi connectivity index (χ1n) is 9.68. The minimum Gasteiger partial charge on any atom is -0.467 e. The third-order valence-electron chi connectivity index (χ3n) is 4.40. The van der Waals surface area contributed by atoms with Gasteiger partial charge < -0.3 is 25.3 Å². The lowest BCUT2D eigenvalue weighted by Gasteiger charge is -2.11. The minimum absolute atomic E-state index is 0.0237. The van der Waals surface area contributed by atoms with E-state index in [0.717, 1.165) is 0 Å². The van der Waals surface area contributed by atoms with Gasteiger partial charge in [-0.15, -0.1) is 0 Å². The largest absolute Gasteiger partial charge is 0.467 e. The molecule has 0 saturated carbocycles. The van der Waals surface area contributed by atoms with Crippen LogP contribution < -0.4 is 16.0 Å². The van der Waals surface area contributed by atoms with E-state index in [-0.39, 0.29) is 24.3 Å². The average Bonchev–Trinajstić information content (AvgIpc) is 3.30. The van der Waals surface area contributed by atoms with E-state index in [9.17, 15) is 14.4 Å². The molecule has 1 heterocycles. The van der Waals surface area contributed by atoms with Gasteiger partial charge in [0.25, 0.3) is 11.8 Å². The lowest BCUT2D eigenvalue weighted by atomic mass is 10.2. The Morgan fingerprint density at radius 1 is 0.903 bits per heavy atom. The molecule has 160 valence electrons. The number of benzene rings is 2. The standard InChI is InChI=1S/C23H24N4O4/c1-27(2)23(30)16-8-10-18(11-9-16)26-21(28)15-24-19-6-3-5-17(13-19)22(29)25-14-20-7-4-12-31-20/h3-13,24H,14-15H2,1-2H3,(H,25,29)(H,26,28). The van der Waals surface area contributed by atoms with Crippen LogP contribution in [0.15, 0.2) is 71.3 Å². The molecule has 0 saturated heterocycles. The van der Waals surface area contributed by atoms with E-state index in [1.54, 1.807) is 81.0 Å². The summed E-state index contributed by atoms with van der Waals surface area (Å²) in [5, 5.41) is 8.55. The van der Waals surface area contributed by atoms with Gasteiger partial charge in [-0.05, 0) is 54.6 Å². The lowest BCUT2D eigenvalue weighted by Crippen LogP contribution is -2.24. The quantitative estimate of drug-likeness (QED) is 0.520. The van der Waals surface area contributed by atoms with Crippen LogP contribution in [0.2, 0.25) is 0 Å². The molecule has 3 rings (SSSR count). The molecule has 0 radical (unpaired) electrons. The molecule has 0 spiro atoms. The van der Waals surface area contributed by atoms with E-state index in [0.29, 0.717) is 34.8 Å². The highest BCUT2D eigenvalue weighted by Gasteiger charge is 2.10. The van der Waals surface area contributed by atoms with E-state index in [4.69, 9.17) is 4.42 Å². The van der Waals surface area contributed by atoms with Crippen LogP contribution in [0.25, 0.3) is 0 Å². The summed E-state index contributed by atoms with van der Waals surface area (Å²) in [7, 11) is 3.36. The van der Waals surface area contributed by atoms with Crippen molar-refractivity contribution < 1.29 is 18.8 Å². The van der Waals surface area contributed by atoms with Gasteiger partial charge in [-0.3, -0.25) is 14.4 Å². The van der Waals surface area contributed by atoms with E-state index < -0.39 is 0 Å². The monoisotopic (exact) mass is 420 g/mol. The Hall–Kier alpha value is -4.07. The van der Waals surface area contributed by atoms with Gasteiger partial charge in [-0.25, -0.2) is 0 Å². The molecule has 3 N–H and O–H groups in total. The molecule has 0 aliphatic carbocycles. The van der Waals surface area contributed by atoms with Crippen LogP contribution >= 0.6 is 0 Å². The molecule has 3 amide bonds. The Balaban J connectivity index is 1.50. The number of nitrogens with zero attached hydrogens (tertiary/aromatic N) is 1. The molecule has 31 heavy (non-hydrogen) atoms. The first kappa shape index (κ1) is 21.6. The second kappa shape index (κ2) is 10.1. The minimum atomic E-state index is -0.251. The summed E-state index contributed by atoms with van der Waals surface area (Å²) in [4.78, 5) is 37.9. The van der Waals surface area contributed by atoms with Crippen molar-refractivity contribution in [2.45, 2.75) is 6.54 Å². The summed E-state index contributed by atoms with van der Waals surface area (Å²) in [5.74, 6) is 0.0715. The number of anilines is 2. The first-order chi connectivity index (χ1) is 14.9. The highest BCUT2D eigenvalue weighted by molar-refractivity contribution is 5.97. The second-order valence-corrected chi connectivity index (χ2v) is 7.02. The van der Waals surface area contributed by atoms with E-state index in [1.807, 2.05) is 0 Å². The molecule has 1 aromatic heterocycles. The molecule has 0 aliphatic rings. The topological polar surface area (TPSA) is 104 Å². The molecule has 2 aromatic carbocycles. The van der Waals surface area contributed by atoms with E-state index in [2.05, 4.69) is 16.0 Å². The molecule has 8 heteroatoms. The van der Waals surface area contributed by atoms with Crippen molar-refractivity contribution in [3.63, 3.8) is 0 Å². The van der Waals surface area contributed by atoms with Crippen molar-refractivity contribution in [1.82, 2.24) is 10.2 Å². The van der Waals surface area contributed by atoms with Gasteiger partial charge in [-0.2, -0.15) is 0 Å². The number of carbonyl (C=O) groups is 3. The molecule has 8 nitrogen and oxygen atoms in total. The van der Waals surface area contributed by atoms with Crippen LogP contribution in [0.1, 0.15) is 26.5 Å². The Morgan fingerprint density at radius 2 is 1.68 bits per heavy atom. The van der Waals surface area contributed by atoms with Crippen LogP contribution in [0.4, 0.5) is 11.4 Å². The summed E-state index contributed by atoms with van der Waals surface area (Å²) < 4.78 is 5.20. The van der Waals surface area contributed by atoms with Crippen LogP contribution in [0.5, 0.6) is 0 Å². The van der Waals surface area contributed by atoms with Crippen LogP contribution in [-0.2, 0) is 11.3 Å². The predicted octanol–water partition coefficient (Wildman–Crippen LogP) is 2.96. The van der Waals surface area contributed by atoms with Gasteiger partial charge in [0, 0.05) is 36.6 Å². The summed E-state index contributed by atoms with van der Waals surface area (Å²) in [5.41, 5.74) is 2.25. The molecule has 0 aliphatic heterocycles. The Bertz CT molecular complexity index is 1040. The Labute approximate surface area is 180 Å². The molecule has 0 unspecified atom stereocenters. The summed E-state index contributed by atoms with van der Waals surface area (Å²) >= 11 is 0. The third kappa shape index (κ3) is 6.20. The third-order valence-corrected chi connectivity index (χ3v) is 4.40. The van der Waals surface area contributed by atoms with Crippen molar-refractivity contribution in [2.75, 3.05) is 31.3 Å². The maximum atomic E-state index is 12.3. The number of nitrogens with one attached hydrogen (secondary N) is 3. The number of hydrogen-bond acceptors (Lipinski definition) is 5. The van der Waals surface area contributed by atoms with Crippen LogP contribution in [0.3, 0.4) is 0 Å². The molecule has 0 fully saturated rings. The van der Waals surface area contributed by atoms with Crippen LogP contribution in [-0.4, -0.2) is 43.3 Å². The van der Waals surface area contributed by atoms with Gasteiger partial charge >= 0.3 is 0 Å². The van der Waals surface area contributed by atoms with Crippen molar-refractivity contribution in [2.24, 2.45) is 0 Å². The number of hydrogen-bond donors (Lipinski definition) is 3. The van der Waals surface area contributed by atoms with Gasteiger partial charge in [-0.1, -0.05) is 6.07 Å². The van der Waals surface area contributed by atoms with Gasteiger partial charge in [0.2, 0.25) is 5.91 Å². The number of rotatable bonds is 8. The average molecular weight is 420 g/mol. The summed E-state index contributed by atoms with van der Waals surface area (Å²) in [6, 6.07) is 17.1. The van der Waals surface area contributed by atoms with Crippen molar-refractivity contribution in [3.8, 4) is 0 Å². The van der Waals surface area contributed by atoms with E-state index >= 15 is 0 Å². The van der Waals surface area contributed by atoms with Crippen molar-refractivity contribution in [1.29, 1.82) is 0 Å².